The van der Waals surface area contributed by atoms with Crippen molar-refractivity contribution < 1.29 is 0 Å². The molecule has 2 unspecified atom stereocenters. The van der Waals surface area contributed by atoms with Crippen LogP contribution in [0.4, 0.5) is 0 Å². The van der Waals surface area contributed by atoms with Crippen LogP contribution in [0, 0.1) is 0 Å². The maximum absolute atomic E-state index is 2.86. The Labute approximate surface area is 126 Å². The lowest BCUT2D eigenvalue weighted by atomic mass is 9.80. The Hall–Kier alpha value is -0.0800. The molecule has 0 spiro atoms. The molecule has 3 rings (SSSR count). The predicted molar refractivity (Wildman–Crippen MR) is 88.2 cm³/mol. The summed E-state index contributed by atoms with van der Waals surface area (Å²) >= 11 is 0. The molecule has 0 N–H and O–H groups in total. The van der Waals surface area contributed by atoms with Crippen LogP contribution in [-0.2, 0) is 0 Å². The summed E-state index contributed by atoms with van der Waals surface area (Å²) in [4.78, 5) is 5.46. The molecule has 118 valence electrons. The van der Waals surface area contributed by atoms with E-state index < -0.39 is 0 Å². The summed E-state index contributed by atoms with van der Waals surface area (Å²) in [6, 6.07) is 1.70. The Bertz CT molecular complexity index is 267. The van der Waals surface area contributed by atoms with Crippen LogP contribution in [0.15, 0.2) is 0 Å². The lowest BCUT2D eigenvalue weighted by Crippen LogP contribution is -2.70. The van der Waals surface area contributed by atoms with Gasteiger partial charge in [-0.2, -0.15) is 0 Å². The molecule has 3 aliphatic heterocycles. The van der Waals surface area contributed by atoms with E-state index in [0.717, 1.165) is 12.1 Å². The first kappa shape index (κ1) is 16.3. The second-order valence-corrected chi connectivity index (χ2v) is 7.52. The van der Waals surface area contributed by atoms with E-state index in [-0.39, 0.29) is 0 Å². The van der Waals surface area contributed by atoms with Gasteiger partial charge in [0, 0.05) is 30.7 Å². The first-order chi connectivity index (χ1) is 9.60. The molecular weight excluding hydrogens is 244 g/mol. The van der Waals surface area contributed by atoms with E-state index in [1.165, 1.54) is 70.9 Å². The zero-order valence-corrected chi connectivity index (χ0v) is 14.3. The fourth-order valence-corrected chi connectivity index (χ4v) is 4.19. The number of nitrogens with zero attached hydrogens (tertiary/aromatic N) is 2. The Morgan fingerprint density at radius 1 is 0.900 bits per heavy atom. The van der Waals surface area contributed by atoms with Gasteiger partial charge in [-0.1, -0.05) is 52.4 Å². The SMILES string of the molecule is CCCCCC(C)(CCCCC)N1CC2CC(C1)N2C. The number of fused-ring (bicyclic) bond motifs is 2. The van der Waals surface area contributed by atoms with Crippen molar-refractivity contribution in [3.05, 3.63) is 0 Å². The van der Waals surface area contributed by atoms with Gasteiger partial charge in [0.05, 0.1) is 0 Å². The van der Waals surface area contributed by atoms with E-state index >= 15 is 0 Å². The van der Waals surface area contributed by atoms with Gasteiger partial charge in [-0.3, -0.25) is 9.80 Å². The summed E-state index contributed by atoms with van der Waals surface area (Å²) < 4.78 is 0. The van der Waals surface area contributed by atoms with Crippen LogP contribution in [0.5, 0.6) is 0 Å². The zero-order valence-electron chi connectivity index (χ0n) is 14.3. The molecule has 2 bridgehead atoms. The number of likely N-dealkylation sites (N-methyl/N-ethyl adjacent to an activating group) is 1. The largest absolute Gasteiger partial charge is 0.298 e. The van der Waals surface area contributed by atoms with Crippen molar-refractivity contribution in [2.24, 2.45) is 0 Å². The van der Waals surface area contributed by atoms with Gasteiger partial charge in [0.15, 0.2) is 0 Å². The Morgan fingerprint density at radius 3 is 1.80 bits per heavy atom. The highest BCUT2D eigenvalue weighted by Gasteiger charge is 2.46. The average molecular weight is 280 g/mol. The van der Waals surface area contributed by atoms with E-state index in [9.17, 15) is 0 Å². The van der Waals surface area contributed by atoms with Crippen molar-refractivity contribution >= 4 is 0 Å². The van der Waals surface area contributed by atoms with E-state index in [1.54, 1.807) is 0 Å². The molecule has 2 nitrogen and oxygen atoms in total. The number of hydrogen-bond donors (Lipinski definition) is 0. The fraction of sp³-hybridized carbons (Fsp3) is 1.00. The quantitative estimate of drug-likeness (QED) is 0.581. The number of unbranched alkanes of at least 4 members (excludes halogenated alkanes) is 4. The molecule has 0 aromatic carbocycles. The van der Waals surface area contributed by atoms with Crippen LogP contribution in [-0.4, -0.2) is 47.6 Å². The fourth-order valence-electron chi connectivity index (χ4n) is 4.19. The third-order valence-corrected chi connectivity index (χ3v) is 5.96. The first-order valence-electron chi connectivity index (χ1n) is 9.07. The molecule has 20 heavy (non-hydrogen) atoms. The second-order valence-electron chi connectivity index (χ2n) is 7.52. The third-order valence-electron chi connectivity index (χ3n) is 5.96. The molecule has 3 saturated heterocycles. The van der Waals surface area contributed by atoms with Crippen molar-refractivity contribution in [3.8, 4) is 0 Å². The maximum atomic E-state index is 2.86. The summed E-state index contributed by atoms with van der Waals surface area (Å²) in [6.07, 6.45) is 12.6. The standard InChI is InChI=1S/C18H36N2/c1-5-7-9-11-18(3,12-10-8-6-2)20-14-16-13-17(15-20)19(16)4/h16-17H,5-15H2,1-4H3. The highest BCUT2D eigenvalue weighted by Crippen LogP contribution is 2.37. The minimum atomic E-state index is 0.475. The van der Waals surface area contributed by atoms with Crippen molar-refractivity contribution in [3.63, 3.8) is 0 Å². The molecular formula is C18H36N2. The van der Waals surface area contributed by atoms with Crippen molar-refractivity contribution in [2.75, 3.05) is 20.1 Å². The minimum Gasteiger partial charge on any atom is -0.298 e. The van der Waals surface area contributed by atoms with Crippen molar-refractivity contribution in [1.82, 2.24) is 9.80 Å². The van der Waals surface area contributed by atoms with Crippen LogP contribution in [0.25, 0.3) is 0 Å². The van der Waals surface area contributed by atoms with E-state index in [0.29, 0.717) is 5.54 Å². The lowest BCUT2D eigenvalue weighted by molar-refractivity contribution is -0.0922. The number of piperidine rings is 1. The summed E-state index contributed by atoms with van der Waals surface area (Å²) in [6.45, 7) is 9.84. The van der Waals surface area contributed by atoms with Crippen LogP contribution >= 0.6 is 0 Å². The normalized spacial score (nSPS) is 27.6. The van der Waals surface area contributed by atoms with Crippen LogP contribution in [0.1, 0.15) is 78.6 Å². The minimum absolute atomic E-state index is 0.475. The molecule has 0 saturated carbocycles. The molecule has 0 amide bonds. The van der Waals surface area contributed by atoms with Gasteiger partial charge < -0.3 is 0 Å². The average Bonchev–Trinajstić information content (AvgIpc) is 2.47. The Kier molecular flexibility index (Phi) is 5.92. The van der Waals surface area contributed by atoms with E-state index in [1.807, 2.05) is 0 Å². The van der Waals surface area contributed by atoms with Crippen LogP contribution < -0.4 is 0 Å². The lowest BCUT2D eigenvalue weighted by Gasteiger charge is -2.59. The summed E-state index contributed by atoms with van der Waals surface area (Å²) in [5.74, 6) is 0. The molecule has 0 aromatic heterocycles. The smallest absolute Gasteiger partial charge is 0.0239 e. The Balaban J connectivity index is 1.90. The summed E-state index contributed by atoms with van der Waals surface area (Å²) in [5, 5.41) is 0. The predicted octanol–water partition coefficient (Wildman–Crippen LogP) is 4.29. The van der Waals surface area contributed by atoms with Gasteiger partial charge in [-0.25, -0.2) is 0 Å². The van der Waals surface area contributed by atoms with Gasteiger partial charge in [-0.15, -0.1) is 0 Å². The molecule has 3 heterocycles. The van der Waals surface area contributed by atoms with Gasteiger partial charge in [0.25, 0.3) is 0 Å². The molecule has 0 radical (unpaired) electrons. The van der Waals surface area contributed by atoms with E-state index in [2.05, 4.69) is 37.6 Å². The number of hydrogen-bond acceptors (Lipinski definition) is 2. The first-order valence-corrected chi connectivity index (χ1v) is 9.07. The summed E-state index contributed by atoms with van der Waals surface area (Å²) in [7, 11) is 2.32. The maximum Gasteiger partial charge on any atom is 0.0239 e. The van der Waals surface area contributed by atoms with Crippen molar-refractivity contribution in [2.45, 2.75) is 96.2 Å². The number of rotatable bonds is 9. The monoisotopic (exact) mass is 280 g/mol. The molecule has 2 atom stereocenters. The van der Waals surface area contributed by atoms with Gasteiger partial charge in [-0.05, 0) is 33.2 Å². The second kappa shape index (κ2) is 7.26. The molecule has 0 aliphatic carbocycles. The van der Waals surface area contributed by atoms with Crippen LogP contribution in [0.3, 0.4) is 0 Å². The molecule has 2 heteroatoms. The van der Waals surface area contributed by atoms with Crippen molar-refractivity contribution in [1.29, 1.82) is 0 Å². The van der Waals surface area contributed by atoms with Crippen LogP contribution in [0.2, 0.25) is 0 Å². The van der Waals surface area contributed by atoms with Gasteiger partial charge >= 0.3 is 0 Å². The third kappa shape index (κ3) is 3.57. The molecule has 3 fully saturated rings. The highest BCUT2D eigenvalue weighted by atomic mass is 15.4. The molecule has 0 aromatic rings. The molecule has 3 aliphatic rings. The Morgan fingerprint density at radius 2 is 1.40 bits per heavy atom. The van der Waals surface area contributed by atoms with Gasteiger partial charge in [0.2, 0.25) is 0 Å². The van der Waals surface area contributed by atoms with Gasteiger partial charge in [0.1, 0.15) is 0 Å². The van der Waals surface area contributed by atoms with E-state index in [4.69, 9.17) is 0 Å². The summed E-state index contributed by atoms with van der Waals surface area (Å²) in [5.41, 5.74) is 0.475. The topological polar surface area (TPSA) is 6.48 Å². The number of piperazine rings is 1. The highest BCUT2D eigenvalue weighted by molar-refractivity contribution is 5.03. The zero-order chi connectivity index (χ0) is 14.6.